The number of hydrogen-bond donors (Lipinski definition) is 2. The second-order valence-corrected chi connectivity index (χ2v) is 3.89. The molecule has 0 spiro atoms. The molecule has 0 fully saturated rings. The van der Waals surface area contributed by atoms with E-state index in [9.17, 15) is 4.79 Å². The maximum Gasteiger partial charge on any atom is 0.253 e. The normalized spacial score (nSPS) is 10.1. The zero-order valence-corrected chi connectivity index (χ0v) is 9.92. The van der Waals surface area contributed by atoms with Crippen molar-refractivity contribution in [1.82, 2.24) is 10.2 Å². The topological polar surface area (TPSA) is 32.3 Å². The molecule has 0 aliphatic heterocycles. The van der Waals surface area contributed by atoms with E-state index in [1.165, 1.54) is 0 Å². The van der Waals surface area contributed by atoms with E-state index in [0.717, 1.165) is 11.4 Å². The first-order chi connectivity index (χ1) is 7.15. The molecule has 3 nitrogen and oxygen atoms in total. The van der Waals surface area contributed by atoms with Crippen LogP contribution in [0, 0.1) is 0 Å². The Morgan fingerprint density at radius 1 is 1.40 bits per heavy atom. The van der Waals surface area contributed by atoms with Crippen molar-refractivity contribution in [2.75, 3.05) is 27.2 Å². The molecule has 0 aliphatic rings. The van der Waals surface area contributed by atoms with Crippen molar-refractivity contribution in [2.24, 2.45) is 0 Å². The number of thiol groups is 1. The molecular weight excluding hydrogens is 208 g/mol. The lowest BCUT2D eigenvalue weighted by molar-refractivity contribution is 0.0797. The lowest BCUT2D eigenvalue weighted by atomic mass is 10.2. The van der Waals surface area contributed by atoms with Crippen LogP contribution in [-0.4, -0.2) is 38.0 Å². The minimum absolute atomic E-state index is 0.0404. The van der Waals surface area contributed by atoms with Crippen molar-refractivity contribution in [2.45, 2.75) is 4.90 Å². The van der Waals surface area contributed by atoms with Gasteiger partial charge in [-0.15, -0.1) is 12.6 Å². The van der Waals surface area contributed by atoms with Crippen molar-refractivity contribution >= 4 is 18.5 Å². The average molecular weight is 224 g/mol. The third-order valence-corrected chi connectivity index (χ3v) is 2.46. The van der Waals surface area contributed by atoms with Gasteiger partial charge in [-0.25, -0.2) is 0 Å². The van der Waals surface area contributed by atoms with E-state index >= 15 is 0 Å². The molecule has 0 aromatic heterocycles. The number of hydrogen-bond acceptors (Lipinski definition) is 3. The van der Waals surface area contributed by atoms with Gasteiger partial charge in [-0.2, -0.15) is 0 Å². The highest BCUT2D eigenvalue weighted by atomic mass is 32.1. The summed E-state index contributed by atoms with van der Waals surface area (Å²) in [5, 5.41) is 3.01. The van der Waals surface area contributed by atoms with Crippen LogP contribution in [0.1, 0.15) is 10.4 Å². The number of rotatable bonds is 4. The van der Waals surface area contributed by atoms with E-state index in [2.05, 4.69) is 17.9 Å². The molecule has 0 radical (unpaired) electrons. The average Bonchev–Trinajstić information content (AvgIpc) is 2.26. The van der Waals surface area contributed by atoms with Crippen molar-refractivity contribution < 1.29 is 4.79 Å². The zero-order valence-electron chi connectivity index (χ0n) is 9.03. The fourth-order valence-corrected chi connectivity index (χ4v) is 1.35. The molecule has 1 aromatic rings. The molecule has 1 N–H and O–H groups in total. The minimum atomic E-state index is 0.0404. The Kier molecular flexibility index (Phi) is 4.65. The molecule has 0 aliphatic carbocycles. The molecule has 15 heavy (non-hydrogen) atoms. The quantitative estimate of drug-likeness (QED) is 0.755. The first kappa shape index (κ1) is 12.1. The lowest BCUT2D eigenvalue weighted by Crippen LogP contribution is -2.32. The van der Waals surface area contributed by atoms with Gasteiger partial charge in [0, 0.05) is 30.6 Å². The summed E-state index contributed by atoms with van der Waals surface area (Å²) in [4.78, 5) is 14.4. The standard InChI is InChI=1S/C11H16N2OS/c1-12-7-8-13(2)11(14)9-3-5-10(15)6-4-9/h3-6,12,15H,7-8H2,1-2H3. The third-order valence-electron chi connectivity index (χ3n) is 2.16. The predicted octanol–water partition coefficient (Wildman–Crippen LogP) is 1.27. The highest BCUT2D eigenvalue weighted by Crippen LogP contribution is 2.09. The summed E-state index contributed by atoms with van der Waals surface area (Å²) >= 11 is 4.17. The van der Waals surface area contributed by atoms with Gasteiger partial charge in [0.05, 0.1) is 0 Å². The highest BCUT2D eigenvalue weighted by molar-refractivity contribution is 7.80. The van der Waals surface area contributed by atoms with Gasteiger partial charge in [-0.05, 0) is 31.3 Å². The second-order valence-electron chi connectivity index (χ2n) is 3.38. The molecule has 1 aromatic carbocycles. The summed E-state index contributed by atoms with van der Waals surface area (Å²) in [5.41, 5.74) is 0.700. The first-order valence-corrected chi connectivity index (χ1v) is 5.29. The van der Waals surface area contributed by atoms with Gasteiger partial charge in [0.2, 0.25) is 0 Å². The van der Waals surface area contributed by atoms with Crippen molar-refractivity contribution in [1.29, 1.82) is 0 Å². The Morgan fingerprint density at radius 3 is 2.53 bits per heavy atom. The van der Waals surface area contributed by atoms with Crippen LogP contribution < -0.4 is 5.32 Å². The number of nitrogens with zero attached hydrogens (tertiary/aromatic N) is 1. The van der Waals surface area contributed by atoms with Crippen LogP contribution in [0.5, 0.6) is 0 Å². The summed E-state index contributed by atoms with van der Waals surface area (Å²) in [5.74, 6) is 0.0404. The number of likely N-dealkylation sites (N-methyl/N-ethyl adjacent to an activating group) is 2. The van der Waals surface area contributed by atoms with Gasteiger partial charge >= 0.3 is 0 Å². The van der Waals surface area contributed by atoms with Gasteiger partial charge in [0.1, 0.15) is 0 Å². The summed E-state index contributed by atoms with van der Waals surface area (Å²) in [6.07, 6.45) is 0. The van der Waals surface area contributed by atoms with Crippen molar-refractivity contribution in [3.05, 3.63) is 29.8 Å². The number of amides is 1. The Labute approximate surface area is 95.9 Å². The van der Waals surface area contributed by atoms with Crippen LogP contribution in [-0.2, 0) is 0 Å². The maximum atomic E-state index is 11.8. The Hall–Kier alpha value is -1.00. The van der Waals surface area contributed by atoms with E-state index in [1.54, 1.807) is 24.1 Å². The van der Waals surface area contributed by atoms with E-state index in [0.29, 0.717) is 12.1 Å². The fourth-order valence-electron chi connectivity index (χ4n) is 1.21. The summed E-state index contributed by atoms with van der Waals surface area (Å²) in [6.45, 7) is 1.50. The summed E-state index contributed by atoms with van der Waals surface area (Å²) in [6, 6.07) is 7.23. The molecule has 0 saturated carbocycles. The monoisotopic (exact) mass is 224 g/mol. The van der Waals surface area contributed by atoms with Crippen molar-refractivity contribution in [3.63, 3.8) is 0 Å². The van der Waals surface area contributed by atoms with Crippen LogP contribution in [0.4, 0.5) is 0 Å². The molecule has 4 heteroatoms. The van der Waals surface area contributed by atoms with Crippen LogP contribution in [0.3, 0.4) is 0 Å². The summed E-state index contributed by atoms with van der Waals surface area (Å²) < 4.78 is 0. The molecule has 0 heterocycles. The molecule has 1 rings (SSSR count). The molecule has 82 valence electrons. The molecule has 0 atom stereocenters. The van der Waals surface area contributed by atoms with Gasteiger partial charge in [-0.3, -0.25) is 4.79 Å². The van der Waals surface area contributed by atoms with Crippen molar-refractivity contribution in [3.8, 4) is 0 Å². The smallest absolute Gasteiger partial charge is 0.253 e. The molecule has 0 bridgehead atoms. The minimum Gasteiger partial charge on any atom is -0.340 e. The Morgan fingerprint density at radius 2 is 2.00 bits per heavy atom. The van der Waals surface area contributed by atoms with Gasteiger partial charge in [0.25, 0.3) is 5.91 Å². The van der Waals surface area contributed by atoms with Crippen LogP contribution >= 0.6 is 12.6 Å². The van der Waals surface area contributed by atoms with Crippen LogP contribution in [0.15, 0.2) is 29.2 Å². The Bertz CT molecular complexity index is 324. The Balaban J connectivity index is 2.63. The van der Waals surface area contributed by atoms with E-state index < -0.39 is 0 Å². The van der Waals surface area contributed by atoms with Gasteiger partial charge in [0.15, 0.2) is 0 Å². The van der Waals surface area contributed by atoms with E-state index in [4.69, 9.17) is 0 Å². The fraction of sp³-hybridized carbons (Fsp3) is 0.364. The lowest BCUT2D eigenvalue weighted by Gasteiger charge is -2.16. The number of carbonyl (C=O) groups excluding carboxylic acids is 1. The maximum absolute atomic E-state index is 11.8. The molecule has 0 saturated heterocycles. The largest absolute Gasteiger partial charge is 0.340 e. The first-order valence-electron chi connectivity index (χ1n) is 4.84. The number of carbonyl (C=O) groups is 1. The highest BCUT2D eigenvalue weighted by Gasteiger charge is 2.09. The van der Waals surface area contributed by atoms with Crippen LogP contribution in [0.25, 0.3) is 0 Å². The molecular formula is C11H16N2OS. The zero-order chi connectivity index (χ0) is 11.3. The van der Waals surface area contributed by atoms with Gasteiger partial charge < -0.3 is 10.2 Å². The van der Waals surface area contributed by atoms with Gasteiger partial charge in [-0.1, -0.05) is 0 Å². The summed E-state index contributed by atoms with van der Waals surface area (Å²) in [7, 11) is 3.67. The molecule has 1 amide bonds. The van der Waals surface area contributed by atoms with Crippen LogP contribution in [0.2, 0.25) is 0 Å². The third kappa shape index (κ3) is 3.57. The van der Waals surface area contributed by atoms with E-state index in [-0.39, 0.29) is 5.91 Å². The second kappa shape index (κ2) is 5.78. The molecule has 0 unspecified atom stereocenters. The van der Waals surface area contributed by atoms with E-state index in [1.807, 2.05) is 19.2 Å². The SMILES string of the molecule is CNCCN(C)C(=O)c1ccc(S)cc1. The number of benzene rings is 1. The number of nitrogens with one attached hydrogen (secondary N) is 1. The predicted molar refractivity (Wildman–Crippen MR) is 64.6 cm³/mol.